The Kier molecular flexibility index (Phi) is 2.65. The number of nitrogens with two attached hydrogens (primary N) is 1. The van der Waals surface area contributed by atoms with Crippen molar-refractivity contribution >= 4 is 10.1 Å². The third-order valence-corrected chi connectivity index (χ3v) is 3.60. The summed E-state index contributed by atoms with van der Waals surface area (Å²) in [4.78, 5) is -0.192. The van der Waals surface area contributed by atoms with Gasteiger partial charge in [-0.05, 0) is 36.1 Å². The van der Waals surface area contributed by atoms with Crippen LogP contribution in [-0.2, 0) is 23.0 Å². The minimum absolute atomic E-state index is 0.0105. The van der Waals surface area contributed by atoms with Crippen molar-refractivity contribution in [3.05, 3.63) is 23.3 Å². The van der Waals surface area contributed by atoms with E-state index < -0.39 is 10.1 Å². The van der Waals surface area contributed by atoms with Crippen LogP contribution >= 0.6 is 0 Å². The van der Waals surface area contributed by atoms with Gasteiger partial charge >= 0.3 is 0 Å². The molecule has 0 radical (unpaired) electrons. The number of ether oxygens (including phenoxy) is 1. The number of fused-ring (bicyclic) bond motifs is 1. The Morgan fingerprint density at radius 1 is 1.38 bits per heavy atom. The zero-order valence-electron chi connectivity index (χ0n) is 8.80. The van der Waals surface area contributed by atoms with Gasteiger partial charge < -0.3 is 10.5 Å². The van der Waals surface area contributed by atoms with Crippen molar-refractivity contribution in [2.45, 2.75) is 23.8 Å². The van der Waals surface area contributed by atoms with E-state index in [2.05, 4.69) is 0 Å². The first-order chi connectivity index (χ1) is 7.41. The molecule has 0 amide bonds. The lowest BCUT2D eigenvalue weighted by Crippen LogP contribution is -2.19. The van der Waals surface area contributed by atoms with Crippen molar-refractivity contribution in [2.24, 2.45) is 5.73 Å². The highest BCUT2D eigenvalue weighted by molar-refractivity contribution is 7.86. The van der Waals surface area contributed by atoms with Crippen LogP contribution in [0.5, 0.6) is 5.75 Å². The van der Waals surface area contributed by atoms with Crippen LogP contribution < -0.4 is 10.5 Å². The molecular formula is C10H13NO4S. The van der Waals surface area contributed by atoms with Crippen molar-refractivity contribution in [3.8, 4) is 5.75 Å². The molecule has 0 saturated heterocycles. The highest BCUT2D eigenvalue weighted by Crippen LogP contribution is 2.32. The maximum absolute atomic E-state index is 11.1. The Labute approximate surface area is 94.0 Å². The predicted octanol–water partition coefficient (Wildman–Crippen LogP) is 0.368. The average Bonchev–Trinajstić information content (AvgIpc) is 2.53. The van der Waals surface area contributed by atoms with Crippen LogP contribution in [0.4, 0.5) is 0 Å². The first-order valence-electron chi connectivity index (χ1n) is 4.84. The molecule has 16 heavy (non-hydrogen) atoms. The van der Waals surface area contributed by atoms with Gasteiger partial charge in [-0.3, -0.25) is 4.55 Å². The highest BCUT2D eigenvalue weighted by Gasteiger charge is 2.24. The van der Waals surface area contributed by atoms with E-state index in [1.807, 2.05) is 0 Å². The topological polar surface area (TPSA) is 89.6 Å². The first kappa shape index (κ1) is 11.4. The Morgan fingerprint density at radius 2 is 1.94 bits per heavy atom. The Morgan fingerprint density at radius 3 is 2.44 bits per heavy atom. The molecule has 3 N–H and O–H groups in total. The summed E-state index contributed by atoms with van der Waals surface area (Å²) in [6, 6.07) is 3.08. The van der Waals surface area contributed by atoms with Gasteiger partial charge in [0.2, 0.25) is 0 Å². The second-order valence-electron chi connectivity index (χ2n) is 3.92. The van der Waals surface area contributed by atoms with Crippen molar-refractivity contribution in [1.82, 2.24) is 0 Å². The van der Waals surface area contributed by atoms with Gasteiger partial charge in [-0.25, -0.2) is 0 Å². The zero-order chi connectivity index (χ0) is 11.9. The predicted molar refractivity (Wildman–Crippen MR) is 58.2 cm³/mol. The minimum atomic E-state index is -4.25. The largest absolute Gasteiger partial charge is 0.495 e. The quantitative estimate of drug-likeness (QED) is 0.732. The van der Waals surface area contributed by atoms with Gasteiger partial charge in [-0.1, -0.05) is 0 Å². The van der Waals surface area contributed by atoms with E-state index in [4.69, 9.17) is 15.0 Å². The summed E-state index contributed by atoms with van der Waals surface area (Å²) in [5, 5.41) is 0. The molecule has 6 heteroatoms. The molecule has 0 saturated carbocycles. The molecule has 0 aliphatic heterocycles. The highest BCUT2D eigenvalue weighted by atomic mass is 32.2. The van der Waals surface area contributed by atoms with E-state index in [0.717, 1.165) is 11.1 Å². The third kappa shape index (κ3) is 1.91. The third-order valence-electron chi connectivity index (χ3n) is 2.73. The molecule has 1 aliphatic carbocycles. The molecule has 1 aromatic rings. The van der Waals surface area contributed by atoms with Gasteiger partial charge in [-0.15, -0.1) is 0 Å². The van der Waals surface area contributed by atoms with E-state index in [1.165, 1.54) is 13.2 Å². The lowest BCUT2D eigenvalue weighted by Gasteiger charge is -2.08. The van der Waals surface area contributed by atoms with Crippen LogP contribution in [0, 0.1) is 0 Å². The Balaban J connectivity index is 2.60. The summed E-state index contributed by atoms with van der Waals surface area (Å²) < 4.78 is 36.3. The summed E-state index contributed by atoms with van der Waals surface area (Å²) in [7, 11) is -2.88. The normalized spacial score (nSPS) is 19.6. The van der Waals surface area contributed by atoms with Gasteiger partial charge in [0.15, 0.2) is 0 Å². The molecule has 0 aromatic heterocycles. The fourth-order valence-corrected chi connectivity index (χ4v) is 2.71. The summed E-state index contributed by atoms with van der Waals surface area (Å²) in [5.74, 6) is 0.162. The molecule has 1 aromatic carbocycles. The second kappa shape index (κ2) is 3.73. The van der Waals surface area contributed by atoms with E-state index >= 15 is 0 Å². The van der Waals surface area contributed by atoms with Crippen LogP contribution in [0.25, 0.3) is 0 Å². The van der Waals surface area contributed by atoms with Gasteiger partial charge in [0.05, 0.1) is 7.11 Å². The van der Waals surface area contributed by atoms with E-state index in [9.17, 15) is 8.42 Å². The molecule has 88 valence electrons. The fourth-order valence-electron chi connectivity index (χ4n) is 2.02. The van der Waals surface area contributed by atoms with Crippen LogP contribution in [0.3, 0.4) is 0 Å². The number of hydrogen-bond acceptors (Lipinski definition) is 4. The molecule has 2 rings (SSSR count). The fraction of sp³-hybridized carbons (Fsp3) is 0.400. The van der Waals surface area contributed by atoms with Crippen molar-refractivity contribution in [3.63, 3.8) is 0 Å². The van der Waals surface area contributed by atoms with Crippen molar-refractivity contribution in [2.75, 3.05) is 7.11 Å². The second-order valence-corrected chi connectivity index (χ2v) is 5.31. The average molecular weight is 243 g/mol. The van der Waals surface area contributed by atoms with Crippen LogP contribution in [0.15, 0.2) is 17.0 Å². The molecule has 0 spiro atoms. The zero-order valence-corrected chi connectivity index (χ0v) is 9.62. The van der Waals surface area contributed by atoms with E-state index in [-0.39, 0.29) is 16.7 Å². The van der Waals surface area contributed by atoms with E-state index in [0.29, 0.717) is 12.8 Å². The molecule has 1 unspecified atom stereocenters. The van der Waals surface area contributed by atoms with Crippen molar-refractivity contribution < 1.29 is 17.7 Å². The van der Waals surface area contributed by atoms with Gasteiger partial charge in [0.1, 0.15) is 10.6 Å². The standard InChI is InChI=1S/C10H13NO4S/c1-15-9-4-6-2-8(11)3-7(6)5-10(9)16(12,13)14/h4-5,8H,2-3,11H2,1H3,(H,12,13,14). The number of benzene rings is 1. The Bertz CT molecular complexity index is 524. The molecule has 0 bridgehead atoms. The Hall–Kier alpha value is -1.11. The monoisotopic (exact) mass is 243 g/mol. The molecule has 5 nitrogen and oxygen atoms in total. The SMILES string of the molecule is COc1cc2c(cc1S(=O)(=O)O)CC(N)C2. The van der Waals surface area contributed by atoms with E-state index in [1.54, 1.807) is 6.07 Å². The van der Waals surface area contributed by atoms with Gasteiger partial charge in [0.25, 0.3) is 10.1 Å². The molecular weight excluding hydrogens is 230 g/mol. The summed E-state index contributed by atoms with van der Waals surface area (Å²) >= 11 is 0. The lowest BCUT2D eigenvalue weighted by atomic mass is 10.1. The maximum Gasteiger partial charge on any atom is 0.298 e. The summed E-state index contributed by atoms with van der Waals surface area (Å²) in [6.07, 6.45) is 1.33. The van der Waals surface area contributed by atoms with Gasteiger partial charge in [-0.2, -0.15) is 8.42 Å². The summed E-state index contributed by atoms with van der Waals surface area (Å²) in [5.41, 5.74) is 7.63. The van der Waals surface area contributed by atoms with Crippen molar-refractivity contribution in [1.29, 1.82) is 0 Å². The molecule has 1 atom stereocenters. The molecule has 1 aliphatic rings. The smallest absolute Gasteiger partial charge is 0.298 e. The number of rotatable bonds is 2. The minimum Gasteiger partial charge on any atom is -0.495 e. The van der Waals surface area contributed by atoms with Crippen LogP contribution in [-0.4, -0.2) is 26.1 Å². The first-order valence-corrected chi connectivity index (χ1v) is 6.28. The maximum atomic E-state index is 11.1. The number of methoxy groups -OCH3 is 1. The summed E-state index contributed by atoms with van der Waals surface area (Å²) in [6.45, 7) is 0. The van der Waals surface area contributed by atoms with Crippen LogP contribution in [0.1, 0.15) is 11.1 Å². The van der Waals surface area contributed by atoms with Crippen LogP contribution in [0.2, 0.25) is 0 Å². The number of hydrogen-bond donors (Lipinski definition) is 2. The van der Waals surface area contributed by atoms with Gasteiger partial charge in [0, 0.05) is 6.04 Å². The molecule has 0 fully saturated rings. The lowest BCUT2D eigenvalue weighted by molar-refractivity contribution is 0.397. The molecule has 0 heterocycles.